The van der Waals surface area contributed by atoms with E-state index in [9.17, 15) is 0 Å². The highest BCUT2D eigenvalue weighted by Gasteiger charge is 2.10. The van der Waals surface area contributed by atoms with Gasteiger partial charge in [-0.15, -0.1) is 0 Å². The monoisotopic (exact) mass is 270 g/mol. The van der Waals surface area contributed by atoms with Gasteiger partial charge in [0.2, 0.25) is 0 Å². The maximum absolute atomic E-state index is 2.28. The van der Waals surface area contributed by atoms with Gasteiger partial charge in [0.15, 0.2) is 0 Å². The summed E-state index contributed by atoms with van der Waals surface area (Å²) in [7, 11) is 0.760. The average Bonchev–Trinajstić information content (AvgIpc) is 2.39. The molecule has 2 aromatic rings. The zero-order valence-electron chi connectivity index (χ0n) is 12.3. The smallest absolute Gasteiger partial charge is 0.0192 e. The molecule has 0 aliphatic heterocycles. The molecule has 0 atom stereocenters. The van der Waals surface area contributed by atoms with E-state index >= 15 is 0 Å². The average molecular weight is 270 g/mol. The molecule has 2 rings (SSSR count). The summed E-state index contributed by atoms with van der Waals surface area (Å²) >= 11 is 0. The van der Waals surface area contributed by atoms with Gasteiger partial charge in [-0.2, -0.15) is 0 Å². The van der Waals surface area contributed by atoms with Crippen molar-refractivity contribution < 1.29 is 0 Å². The van der Waals surface area contributed by atoms with Crippen LogP contribution in [0.5, 0.6) is 0 Å². The lowest BCUT2D eigenvalue weighted by Gasteiger charge is -2.16. The van der Waals surface area contributed by atoms with Gasteiger partial charge in [-0.05, 0) is 33.6 Å². The van der Waals surface area contributed by atoms with Crippen LogP contribution in [0.15, 0.2) is 48.5 Å². The molecule has 0 unspecified atom stereocenters. The lowest BCUT2D eigenvalue weighted by atomic mass is 10.0. The Balaban J connectivity index is 2.37. The minimum absolute atomic E-state index is 0.593. The summed E-state index contributed by atoms with van der Waals surface area (Å²) in [5.74, 6) is 1.19. The van der Waals surface area contributed by atoms with Crippen molar-refractivity contribution in [1.82, 2.24) is 0 Å². The van der Waals surface area contributed by atoms with E-state index in [-0.39, 0.29) is 0 Å². The van der Waals surface area contributed by atoms with Crippen LogP contribution in [0.3, 0.4) is 0 Å². The molecule has 0 saturated carbocycles. The highest BCUT2D eigenvalue weighted by Crippen LogP contribution is 2.23. The van der Waals surface area contributed by atoms with Crippen molar-refractivity contribution in [3.05, 3.63) is 59.7 Å². The molecule has 2 aromatic carbocycles. The molecule has 100 valence electrons. The van der Waals surface area contributed by atoms with E-state index in [0.717, 1.165) is 8.58 Å². The molecule has 0 bridgehead atoms. The molecule has 0 saturated heterocycles. The second kappa shape index (κ2) is 6.35. The highest BCUT2D eigenvalue weighted by atomic mass is 31.1. The summed E-state index contributed by atoms with van der Waals surface area (Å²) in [4.78, 5) is 0. The Morgan fingerprint density at radius 2 is 1.00 bits per heavy atom. The Hall–Kier alpha value is -1.13. The molecule has 0 aliphatic rings. The molecule has 0 fully saturated rings. The first kappa shape index (κ1) is 14.3. The molecular formula is C18H23P. The van der Waals surface area contributed by atoms with Gasteiger partial charge in [-0.3, -0.25) is 0 Å². The van der Waals surface area contributed by atoms with Crippen molar-refractivity contribution >= 4 is 19.2 Å². The van der Waals surface area contributed by atoms with E-state index < -0.39 is 0 Å². The van der Waals surface area contributed by atoms with Gasteiger partial charge >= 0.3 is 0 Å². The quantitative estimate of drug-likeness (QED) is 0.714. The Morgan fingerprint density at radius 3 is 1.37 bits per heavy atom. The van der Waals surface area contributed by atoms with Gasteiger partial charge in [0, 0.05) is 0 Å². The third-order valence-corrected chi connectivity index (χ3v) is 4.88. The van der Waals surface area contributed by atoms with Crippen LogP contribution in [-0.2, 0) is 0 Å². The Morgan fingerprint density at radius 1 is 0.632 bits per heavy atom. The van der Waals surface area contributed by atoms with Gasteiger partial charge < -0.3 is 0 Å². The predicted octanol–water partition coefficient (Wildman–Crippen LogP) is 4.56. The summed E-state index contributed by atoms with van der Waals surface area (Å²) in [6.07, 6.45) is 0. The maximum atomic E-state index is 2.28. The first-order valence-corrected chi connectivity index (χ1v) is 8.04. The van der Waals surface area contributed by atoms with E-state index in [2.05, 4.69) is 76.2 Å². The van der Waals surface area contributed by atoms with Crippen LogP contribution in [0.2, 0.25) is 0 Å². The van der Waals surface area contributed by atoms with E-state index in [4.69, 9.17) is 0 Å². The van der Waals surface area contributed by atoms with Gasteiger partial charge in [0.05, 0.1) is 0 Å². The molecule has 0 radical (unpaired) electrons. The lowest BCUT2D eigenvalue weighted by Crippen LogP contribution is -2.13. The van der Waals surface area contributed by atoms with E-state index in [1.165, 1.54) is 21.7 Å². The predicted molar refractivity (Wildman–Crippen MR) is 88.6 cm³/mol. The van der Waals surface area contributed by atoms with E-state index in [1.54, 1.807) is 0 Å². The molecule has 0 spiro atoms. The van der Waals surface area contributed by atoms with E-state index in [0.29, 0.717) is 11.8 Å². The summed E-state index contributed by atoms with van der Waals surface area (Å²) < 4.78 is 0. The number of rotatable bonds is 4. The van der Waals surface area contributed by atoms with Crippen LogP contribution >= 0.6 is 8.58 Å². The van der Waals surface area contributed by atoms with Crippen molar-refractivity contribution in [1.29, 1.82) is 0 Å². The van der Waals surface area contributed by atoms with Crippen molar-refractivity contribution in [3.63, 3.8) is 0 Å². The lowest BCUT2D eigenvalue weighted by molar-refractivity contribution is 0.872. The number of hydrogen-bond acceptors (Lipinski definition) is 0. The van der Waals surface area contributed by atoms with Gasteiger partial charge in [-0.25, -0.2) is 0 Å². The van der Waals surface area contributed by atoms with Crippen molar-refractivity contribution in [2.24, 2.45) is 0 Å². The molecule has 0 heterocycles. The molecule has 0 amide bonds. The van der Waals surface area contributed by atoms with Gasteiger partial charge in [0.25, 0.3) is 0 Å². The fourth-order valence-corrected chi connectivity index (χ4v) is 4.06. The summed E-state index contributed by atoms with van der Waals surface area (Å²) in [5, 5.41) is 2.98. The molecule has 0 aliphatic carbocycles. The molecule has 19 heavy (non-hydrogen) atoms. The molecular weight excluding hydrogens is 247 g/mol. The van der Waals surface area contributed by atoms with Crippen molar-refractivity contribution in [3.8, 4) is 0 Å². The Bertz CT molecular complexity index is 491. The fraction of sp³-hybridized carbons (Fsp3) is 0.333. The minimum Gasteiger partial charge on any atom is -0.0619 e. The molecule has 0 nitrogen and oxygen atoms in total. The Labute approximate surface area is 119 Å². The van der Waals surface area contributed by atoms with Crippen LogP contribution in [0, 0.1) is 0 Å². The SMILES string of the molecule is CC(C)c1ccccc1Pc1ccccc1C(C)C. The van der Waals surface area contributed by atoms with Crippen molar-refractivity contribution in [2.75, 3.05) is 0 Å². The van der Waals surface area contributed by atoms with Crippen molar-refractivity contribution in [2.45, 2.75) is 39.5 Å². The number of hydrogen-bond donors (Lipinski definition) is 0. The molecule has 0 aromatic heterocycles. The van der Waals surface area contributed by atoms with Crippen LogP contribution in [0.1, 0.15) is 50.7 Å². The molecule has 0 N–H and O–H groups in total. The fourth-order valence-electron chi connectivity index (χ4n) is 2.37. The van der Waals surface area contributed by atoms with Crippen LogP contribution in [0.25, 0.3) is 0 Å². The van der Waals surface area contributed by atoms with Crippen LogP contribution in [0.4, 0.5) is 0 Å². The summed E-state index contributed by atoms with van der Waals surface area (Å²) in [5.41, 5.74) is 2.97. The second-order valence-electron chi connectivity index (χ2n) is 5.61. The second-order valence-corrected chi connectivity index (χ2v) is 6.94. The largest absolute Gasteiger partial charge is 0.0619 e. The highest BCUT2D eigenvalue weighted by molar-refractivity contribution is 7.55. The zero-order valence-corrected chi connectivity index (χ0v) is 13.3. The topological polar surface area (TPSA) is 0 Å². The maximum Gasteiger partial charge on any atom is -0.0192 e. The van der Waals surface area contributed by atoms with E-state index in [1.807, 2.05) is 0 Å². The summed E-state index contributed by atoms with van der Waals surface area (Å²) in [6.45, 7) is 9.10. The van der Waals surface area contributed by atoms with Gasteiger partial charge in [-0.1, -0.05) is 84.8 Å². The van der Waals surface area contributed by atoms with Gasteiger partial charge in [0.1, 0.15) is 0 Å². The number of benzene rings is 2. The normalized spacial score (nSPS) is 11.3. The summed E-state index contributed by atoms with van der Waals surface area (Å²) in [6, 6.07) is 17.7. The molecule has 1 heteroatoms. The Kier molecular flexibility index (Phi) is 4.77. The third kappa shape index (κ3) is 3.45. The standard InChI is InChI=1S/C18H23P/c1-13(2)15-9-5-7-11-17(15)19-18-12-8-6-10-16(18)14(3)4/h5-14,19H,1-4H3. The van der Waals surface area contributed by atoms with Crippen LogP contribution < -0.4 is 10.6 Å². The van der Waals surface area contributed by atoms with Crippen LogP contribution in [-0.4, -0.2) is 0 Å². The first-order valence-electron chi connectivity index (χ1n) is 7.04. The minimum atomic E-state index is 0.593. The first-order chi connectivity index (χ1) is 9.09. The third-order valence-electron chi connectivity index (χ3n) is 3.43. The zero-order chi connectivity index (χ0) is 13.8.